The summed E-state index contributed by atoms with van der Waals surface area (Å²) in [5, 5.41) is 3.16. The van der Waals surface area contributed by atoms with Gasteiger partial charge in [0.15, 0.2) is 5.79 Å². The molecule has 3 rings (SSSR count). The average Bonchev–Trinajstić information content (AvgIpc) is 3.03. The summed E-state index contributed by atoms with van der Waals surface area (Å²) in [6.07, 6.45) is 0.00409. The van der Waals surface area contributed by atoms with Gasteiger partial charge in [0, 0.05) is 11.1 Å². The Balaban J connectivity index is 1.86. The van der Waals surface area contributed by atoms with Crippen molar-refractivity contribution in [1.29, 1.82) is 0 Å². The highest BCUT2D eigenvalue weighted by Gasteiger charge is 2.56. The number of hydrogen-bond acceptors (Lipinski definition) is 4. The lowest BCUT2D eigenvalue weighted by Gasteiger charge is -2.36. The van der Waals surface area contributed by atoms with Gasteiger partial charge >= 0.3 is 0 Å². The van der Waals surface area contributed by atoms with Crippen molar-refractivity contribution in [2.45, 2.75) is 84.5 Å². The smallest absolute Gasteiger partial charge is 0.254 e. The maximum atomic E-state index is 13.4. The van der Waals surface area contributed by atoms with Crippen LogP contribution in [-0.2, 0) is 14.3 Å². The molecule has 2 amide bonds. The van der Waals surface area contributed by atoms with Gasteiger partial charge in [0.1, 0.15) is 18.2 Å². The minimum Gasteiger partial charge on any atom is -0.349 e. The fourth-order valence-corrected chi connectivity index (χ4v) is 4.78. The van der Waals surface area contributed by atoms with Gasteiger partial charge in [-0.25, -0.2) is 0 Å². The Kier molecular flexibility index (Phi) is 5.56. The number of hydrogen-bond donors (Lipinski definition) is 1. The van der Waals surface area contributed by atoms with Gasteiger partial charge in [-0.05, 0) is 51.7 Å². The normalized spacial score (nSPS) is 26.3. The second-order valence-corrected chi connectivity index (χ2v) is 10.5. The standard InChI is InChI=1S/C23H34N2O4/c1-21(2,3)14-22(4,5)24-19(26)17-18-16(28-23(6,7)29-18)13-25(17)20(27)15-11-9-8-10-12-15/h8-12,16-18H,13-14H2,1-7H3,(H,24,26)/t16-,17-,18-/m0/s1. The van der Waals surface area contributed by atoms with E-state index in [2.05, 4.69) is 26.1 Å². The zero-order valence-corrected chi connectivity index (χ0v) is 18.6. The molecule has 1 aromatic carbocycles. The van der Waals surface area contributed by atoms with Crippen LogP contribution in [0.4, 0.5) is 0 Å². The van der Waals surface area contributed by atoms with Gasteiger partial charge in [-0.2, -0.15) is 0 Å². The first-order valence-electron chi connectivity index (χ1n) is 10.3. The summed E-state index contributed by atoms with van der Waals surface area (Å²) < 4.78 is 12.0. The third kappa shape index (κ3) is 4.98. The largest absolute Gasteiger partial charge is 0.349 e. The molecular weight excluding hydrogens is 368 g/mol. The molecule has 2 aliphatic heterocycles. The van der Waals surface area contributed by atoms with Gasteiger partial charge in [0.25, 0.3) is 5.91 Å². The van der Waals surface area contributed by atoms with E-state index < -0.39 is 23.5 Å². The Bertz CT molecular complexity index is 767. The van der Waals surface area contributed by atoms with E-state index in [1.165, 1.54) is 0 Å². The number of rotatable bonds is 4. The Labute approximate surface area is 173 Å². The molecule has 6 heteroatoms. The first kappa shape index (κ1) is 21.8. The third-order valence-electron chi connectivity index (χ3n) is 5.23. The lowest BCUT2D eigenvalue weighted by Crippen LogP contribution is -2.56. The van der Waals surface area contributed by atoms with Gasteiger partial charge < -0.3 is 19.7 Å². The third-order valence-corrected chi connectivity index (χ3v) is 5.23. The minimum atomic E-state index is -0.767. The van der Waals surface area contributed by atoms with Crippen molar-refractivity contribution in [2.75, 3.05) is 6.54 Å². The minimum absolute atomic E-state index is 0.0590. The quantitative estimate of drug-likeness (QED) is 0.839. The monoisotopic (exact) mass is 402 g/mol. The molecule has 3 atom stereocenters. The lowest BCUT2D eigenvalue weighted by molar-refractivity contribution is -0.162. The number of benzene rings is 1. The van der Waals surface area contributed by atoms with Crippen LogP contribution in [0.15, 0.2) is 30.3 Å². The van der Waals surface area contributed by atoms with Crippen LogP contribution in [0.3, 0.4) is 0 Å². The Hall–Kier alpha value is -1.92. The van der Waals surface area contributed by atoms with Crippen molar-refractivity contribution in [3.63, 3.8) is 0 Å². The van der Waals surface area contributed by atoms with Crippen molar-refractivity contribution < 1.29 is 19.1 Å². The van der Waals surface area contributed by atoms with E-state index in [4.69, 9.17) is 9.47 Å². The number of nitrogens with zero attached hydrogens (tertiary/aromatic N) is 1. The Morgan fingerprint density at radius 3 is 2.31 bits per heavy atom. The number of carbonyl (C=O) groups excluding carboxylic acids is 2. The summed E-state index contributed by atoms with van der Waals surface area (Å²) in [4.78, 5) is 28.2. The number of carbonyl (C=O) groups is 2. The van der Waals surface area contributed by atoms with Crippen molar-refractivity contribution in [1.82, 2.24) is 10.2 Å². The van der Waals surface area contributed by atoms with Crippen molar-refractivity contribution in [2.24, 2.45) is 5.41 Å². The summed E-state index contributed by atoms with van der Waals surface area (Å²) in [6.45, 7) is 14.5. The molecule has 0 aromatic heterocycles. The molecule has 2 aliphatic rings. The molecule has 0 radical (unpaired) electrons. The molecule has 0 spiro atoms. The van der Waals surface area contributed by atoms with Crippen LogP contribution in [0.25, 0.3) is 0 Å². The maximum Gasteiger partial charge on any atom is 0.254 e. The summed E-state index contributed by atoms with van der Waals surface area (Å²) >= 11 is 0. The fraction of sp³-hybridized carbons (Fsp3) is 0.652. The van der Waals surface area contributed by atoms with Gasteiger partial charge in [-0.3, -0.25) is 9.59 Å². The summed E-state index contributed by atoms with van der Waals surface area (Å²) in [5.41, 5.74) is 0.200. The molecule has 1 aromatic rings. The summed E-state index contributed by atoms with van der Waals surface area (Å²) in [7, 11) is 0. The first-order valence-corrected chi connectivity index (χ1v) is 10.3. The number of nitrogens with one attached hydrogen (secondary N) is 1. The average molecular weight is 403 g/mol. The van der Waals surface area contributed by atoms with E-state index in [1.54, 1.807) is 17.0 Å². The van der Waals surface area contributed by atoms with Crippen molar-refractivity contribution >= 4 is 11.8 Å². The molecule has 2 fully saturated rings. The first-order chi connectivity index (χ1) is 13.3. The van der Waals surface area contributed by atoms with Gasteiger partial charge in [0.05, 0.1) is 6.54 Å². The van der Waals surface area contributed by atoms with Crippen LogP contribution >= 0.6 is 0 Å². The number of likely N-dealkylation sites (tertiary alicyclic amines) is 1. The van der Waals surface area contributed by atoms with Crippen molar-refractivity contribution in [3.05, 3.63) is 35.9 Å². The van der Waals surface area contributed by atoms with Crippen LogP contribution in [0.5, 0.6) is 0 Å². The highest BCUT2D eigenvalue weighted by atomic mass is 16.8. The van der Waals surface area contributed by atoms with E-state index in [0.717, 1.165) is 6.42 Å². The summed E-state index contributed by atoms with van der Waals surface area (Å²) in [5.74, 6) is -1.15. The summed E-state index contributed by atoms with van der Waals surface area (Å²) in [6, 6.07) is 8.31. The molecule has 2 saturated heterocycles. The molecule has 160 valence electrons. The Morgan fingerprint density at radius 1 is 1.10 bits per heavy atom. The Morgan fingerprint density at radius 2 is 1.72 bits per heavy atom. The highest BCUT2D eigenvalue weighted by Crippen LogP contribution is 2.38. The molecule has 1 N–H and O–H groups in total. The van der Waals surface area contributed by atoms with E-state index in [0.29, 0.717) is 12.1 Å². The zero-order chi connectivity index (χ0) is 21.6. The molecular formula is C23H34N2O4. The predicted octanol–water partition coefficient (Wildman–Crippen LogP) is 3.36. The van der Waals surface area contributed by atoms with Crippen LogP contribution in [0.2, 0.25) is 0 Å². The fourth-order valence-electron chi connectivity index (χ4n) is 4.78. The van der Waals surface area contributed by atoms with Crippen LogP contribution < -0.4 is 5.32 Å². The zero-order valence-electron chi connectivity index (χ0n) is 18.6. The number of ether oxygens (including phenoxy) is 2. The van der Waals surface area contributed by atoms with Crippen LogP contribution in [0, 0.1) is 5.41 Å². The molecule has 0 bridgehead atoms. The molecule has 0 saturated carbocycles. The maximum absolute atomic E-state index is 13.4. The lowest BCUT2D eigenvalue weighted by atomic mass is 9.81. The SMILES string of the molecule is CC(C)(C)CC(C)(C)NC(=O)[C@@H]1[C@H]2OC(C)(C)O[C@H]2CN1C(=O)c1ccccc1. The number of fused-ring (bicyclic) bond motifs is 1. The van der Waals surface area contributed by atoms with E-state index in [9.17, 15) is 9.59 Å². The second kappa shape index (κ2) is 7.40. The number of amides is 2. The highest BCUT2D eigenvalue weighted by molar-refractivity contribution is 5.98. The van der Waals surface area contributed by atoms with Gasteiger partial charge in [-0.15, -0.1) is 0 Å². The predicted molar refractivity (Wildman–Crippen MR) is 111 cm³/mol. The molecule has 0 aliphatic carbocycles. The second-order valence-electron chi connectivity index (χ2n) is 10.5. The van der Waals surface area contributed by atoms with Crippen molar-refractivity contribution in [3.8, 4) is 0 Å². The van der Waals surface area contributed by atoms with Crippen LogP contribution in [-0.4, -0.2) is 52.8 Å². The van der Waals surface area contributed by atoms with Gasteiger partial charge in [0.2, 0.25) is 5.91 Å². The van der Waals surface area contributed by atoms with Crippen LogP contribution in [0.1, 0.15) is 65.2 Å². The van der Waals surface area contributed by atoms with E-state index >= 15 is 0 Å². The molecule has 0 unspecified atom stereocenters. The molecule has 6 nitrogen and oxygen atoms in total. The topological polar surface area (TPSA) is 67.9 Å². The molecule has 2 heterocycles. The van der Waals surface area contributed by atoms with E-state index in [-0.39, 0.29) is 23.3 Å². The molecule has 29 heavy (non-hydrogen) atoms. The van der Waals surface area contributed by atoms with E-state index in [1.807, 2.05) is 45.9 Å². The van der Waals surface area contributed by atoms with Gasteiger partial charge in [-0.1, -0.05) is 39.0 Å².